The van der Waals surface area contributed by atoms with Gasteiger partial charge in [0, 0.05) is 36.7 Å². The van der Waals surface area contributed by atoms with Crippen LogP contribution in [0.3, 0.4) is 0 Å². The predicted octanol–water partition coefficient (Wildman–Crippen LogP) is 5.44. The summed E-state index contributed by atoms with van der Waals surface area (Å²) in [6.07, 6.45) is 3.60. The van der Waals surface area contributed by atoms with Crippen LogP contribution < -0.4 is 10.6 Å². The van der Waals surface area contributed by atoms with Gasteiger partial charge in [-0.15, -0.1) is 0 Å². The van der Waals surface area contributed by atoms with Crippen molar-refractivity contribution in [1.82, 2.24) is 15.3 Å². The third-order valence-electron chi connectivity index (χ3n) is 6.19. The standard InChI is InChI=1S/C30H29N5O/c1-21(24-10-8-23(16-31)9-11-24)17-32-20-29(26-6-4-3-5-7-26)30(36)35-28-14-12-25(13-15-28)27-18-33-22(2)34-19-27/h3-15,18-19,21,29,32H,17,20H2,1-2H3,(H,35,36)/t21-,29?/m1/s1. The molecular weight excluding hydrogens is 446 g/mol. The van der Waals surface area contributed by atoms with Crippen molar-refractivity contribution in [2.45, 2.75) is 25.7 Å². The molecule has 0 spiro atoms. The van der Waals surface area contributed by atoms with Crippen LogP contribution in [0.2, 0.25) is 0 Å². The van der Waals surface area contributed by atoms with E-state index in [0.717, 1.165) is 40.3 Å². The average molecular weight is 476 g/mol. The Bertz CT molecular complexity index is 1310. The summed E-state index contributed by atoms with van der Waals surface area (Å²) in [5.74, 6) is 0.570. The van der Waals surface area contributed by atoms with E-state index >= 15 is 0 Å². The number of hydrogen-bond acceptors (Lipinski definition) is 5. The van der Waals surface area contributed by atoms with Crippen LogP contribution in [0.1, 0.15) is 41.3 Å². The molecular formula is C30H29N5O. The third kappa shape index (κ3) is 6.41. The van der Waals surface area contributed by atoms with Crippen molar-refractivity contribution in [3.63, 3.8) is 0 Å². The van der Waals surface area contributed by atoms with Crippen molar-refractivity contribution in [3.8, 4) is 17.2 Å². The molecule has 1 heterocycles. The Morgan fingerprint density at radius 2 is 1.53 bits per heavy atom. The Balaban J connectivity index is 1.41. The number of nitriles is 1. The number of rotatable bonds is 9. The molecule has 180 valence electrons. The minimum Gasteiger partial charge on any atom is -0.326 e. The first-order valence-electron chi connectivity index (χ1n) is 12.0. The SMILES string of the molecule is Cc1ncc(-c2ccc(NC(=O)C(CNC[C@@H](C)c3ccc(C#N)cc3)c3ccccc3)cc2)cn1. The van der Waals surface area contributed by atoms with Crippen LogP contribution in [-0.2, 0) is 4.79 Å². The Morgan fingerprint density at radius 3 is 2.17 bits per heavy atom. The van der Waals surface area contributed by atoms with Crippen molar-refractivity contribution in [3.05, 3.63) is 114 Å². The number of aryl methyl sites for hydroxylation is 1. The van der Waals surface area contributed by atoms with Crippen LogP contribution in [0.5, 0.6) is 0 Å². The first-order chi connectivity index (χ1) is 17.5. The summed E-state index contributed by atoms with van der Waals surface area (Å²) in [6, 6.07) is 27.3. The molecule has 4 aromatic rings. The molecule has 0 saturated carbocycles. The van der Waals surface area contributed by atoms with E-state index in [9.17, 15) is 4.79 Å². The fourth-order valence-electron chi connectivity index (χ4n) is 4.01. The van der Waals surface area contributed by atoms with Gasteiger partial charge in [-0.25, -0.2) is 9.97 Å². The highest BCUT2D eigenvalue weighted by Crippen LogP contribution is 2.23. The molecule has 0 aliphatic carbocycles. The molecule has 4 rings (SSSR count). The molecule has 1 unspecified atom stereocenters. The number of carbonyl (C=O) groups excluding carboxylic acids is 1. The number of carbonyl (C=O) groups is 1. The maximum atomic E-state index is 13.3. The number of anilines is 1. The summed E-state index contributed by atoms with van der Waals surface area (Å²) >= 11 is 0. The highest BCUT2D eigenvalue weighted by molar-refractivity contribution is 5.96. The van der Waals surface area contributed by atoms with Gasteiger partial charge in [-0.05, 0) is 53.8 Å². The van der Waals surface area contributed by atoms with Crippen LogP contribution in [0.15, 0.2) is 91.3 Å². The maximum absolute atomic E-state index is 13.3. The van der Waals surface area contributed by atoms with Gasteiger partial charge in [-0.1, -0.05) is 61.5 Å². The van der Waals surface area contributed by atoms with Gasteiger partial charge < -0.3 is 10.6 Å². The fourth-order valence-corrected chi connectivity index (χ4v) is 4.01. The Kier molecular flexibility index (Phi) is 8.17. The molecule has 1 aromatic heterocycles. The van der Waals surface area contributed by atoms with Crippen molar-refractivity contribution in [1.29, 1.82) is 5.26 Å². The lowest BCUT2D eigenvalue weighted by Crippen LogP contribution is -2.32. The molecule has 2 atom stereocenters. The molecule has 6 nitrogen and oxygen atoms in total. The van der Waals surface area contributed by atoms with Crippen molar-refractivity contribution >= 4 is 11.6 Å². The Labute approximate surface area is 212 Å². The predicted molar refractivity (Wildman–Crippen MR) is 142 cm³/mol. The second-order valence-electron chi connectivity index (χ2n) is 8.84. The summed E-state index contributed by atoms with van der Waals surface area (Å²) in [4.78, 5) is 21.8. The topological polar surface area (TPSA) is 90.7 Å². The van der Waals surface area contributed by atoms with Crippen molar-refractivity contribution < 1.29 is 4.79 Å². The van der Waals surface area contributed by atoms with E-state index in [2.05, 4.69) is 33.6 Å². The Morgan fingerprint density at radius 1 is 0.861 bits per heavy atom. The second-order valence-corrected chi connectivity index (χ2v) is 8.84. The smallest absolute Gasteiger partial charge is 0.233 e. The van der Waals surface area contributed by atoms with Crippen LogP contribution in [0.4, 0.5) is 5.69 Å². The van der Waals surface area contributed by atoms with Gasteiger partial charge in [0.2, 0.25) is 5.91 Å². The van der Waals surface area contributed by atoms with Gasteiger partial charge in [0.05, 0.1) is 17.6 Å². The first-order valence-corrected chi connectivity index (χ1v) is 12.0. The number of nitrogens with zero attached hydrogens (tertiary/aromatic N) is 3. The molecule has 0 radical (unpaired) electrons. The van der Waals surface area contributed by atoms with Gasteiger partial charge in [0.15, 0.2) is 0 Å². The van der Waals surface area contributed by atoms with Gasteiger partial charge in [-0.2, -0.15) is 5.26 Å². The number of hydrogen-bond donors (Lipinski definition) is 2. The molecule has 6 heteroatoms. The van der Waals surface area contributed by atoms with Crippen LogP contribution in [-0.4, -0.2) is 29.0 Å². The normalized spacial score (nSPS) is 12.4. The fraction of sp³-hybridized carbons (Fsp3) is 0.200. The first kappa shape index (κ1) is 24.8. The molecule has 0 saturated heterocycles. The van der Waals surface area contributed by atoms with Gasteiger partial charge in [0.25, 0.3) is 0 Å². The molecule has 0 bridgehead atoms. The summed E-state index contributed by atoms with van der Waals surface area (Å²) < 4.78 is 0. The summed E-state index contributed by atoms with van der Waals surface area (Å²) in [7, 11) is 0. The molecule has 1 amide bonds. The molecule has 2 N–H and O–H groups in total. The van der Waals surface area contributed by atoms with Gasteiger partial charge >= 0.3 is 0 Å². The monoisotopic (exact) mass is 475 g/mol. The van der Waals surface area contributed by atoms with Crippen LogP contribution >= 0.6 is 0 Å². The minimum absolute atomic E-state index is 0.0638. The Hall–Kier alpha value is -4.34. The third-order valence-corrected chi connectivity index (χ3v) is 6.19. The number of amides is 1. The summed E-state index contributed by atoms with van der Waals surface area (Å²) in [5.41, 5.74) is 5.43. The van der Waals surface area contributed by atoms with E-state index < -0.39 is 0 Å². The van der Waals surface area contributed by atoms with E-state index in [1.165, 1.54) is 0 Å². The largest absolute Gasteiger partial charge is 0.326 e. The quantitative estimate of drug-likeness (QED) is 0.336. The molecule has 3 aromatic carbocycles. The second kappa shape index (κ2) is 11.9. The van der Waals surface area contributed by atoms with Crippen molar-refractivity contribution in [2.75, 3.05) is 18.4 Å². The number of nitrogens with one attached hydrogen (secondary N) is 2. The van der Waals surface area contributed by atoms with E-state index in [0.29, 0.717) is 12.1 Å². The maximum Gasteiger partial charge on any atom is 0.233 e. The zero-order valence-corrected chi connectivity index (χ0v) is 20.5. The molecule has 36 heavy (non-hydrogen) atoms. The lowest BCUT2D eigenvalue weighted by Gasteiger charge is -2.20. The molecule has 0 aliphatic rings. The van der Waals surface area contributed by atoms with Crippen LogP contribution in [0, 0.1) is 18.3 Å². The number of aromatic nitrogens is 2. The average Bonchev–Trinajstić information content (AvgIpc) is 2.92. The lowest BCUT2D eigenvalue weighted by molar-refractivity contribution is -0.117. The van der Waals surface area contributed by atoms with Gasteiger partial charge in [-0.3, -0.25) is 4.79 Å². The number of benzene rings is 3. The van der Waals surface area contributed by atoms with E-state index in [-0.39, 0.29) is 17.7 Å². The van der Waals surface area contributed by atoms with E-state index in [1.807, 2.05) is 85.8 Å². The summed E-state index contributed by atoms with van der Waals surface area (Å²) in [6.45, 7) is 5.21. The molecule has 0 aliphatic heterocycles. The van der Waals surface area contributed by atoms with Gasteiger partial charge in [0.1, 0.15) is 5.82 Å². The van der Waals surface area contributed by atoms with E-state index in [1.54, 1.807) is 12.4 Å². The zero-order chi connectivity index (χ0) is 25.3. The zero-order valence-electron chi connectivity index (χ0n) is 20.5. The van der Waals surface area contributed by atoms with Crippen LogP contribution in [0.25, 0.3) is 11.1 Å². The van der Waals surface area contributed by atoms with Crippen molar-refractivity contribution in [2.24, 2.45) is 0 Å². The minimum atomic E-state index is -0.343. The summed E-state index contributed by atoms with van der Waals surface area (Å²) in [5, 5.41) is 15.5. The molecule has 0 fully saturated rings. The highest BCUT2D eigenvalue weighted by atomic mass is 16.1. The van der Waals surface area contributed by atoms with E-state index in [4.69, 9.17) is 5.26 Å². The highest BCUT2D eigenvalue weighted by Gasteiger charge is 2.21. The lowest BCUT2D eigenvalue weighted by atomic mass is 9.96.